The maximum Gasteiger partial charge on any atom is 0.151 e. The molecule has 1 aromatic heterocycles. The van der Waals surface area contributed by atoms with Crippen molar-refractivity contribution >= 4 is 22.2 Å². The van der Waals surface area contributed by atoms with E-state index in [1.807, 2.05) is 23.9 Å². The Morgan fingerprint density at radius 3 is 3.00 bits per heavy atom. The average Bonchev–Trinajstić information content (AvgIpc) is 2.77. The predicted molar refractivity (Wildman–Crippen MR) is 71.9 cm³/mol. The van der Waals surface area contributed by atoms with Crippen molar-refractivity contribution in [3.8, 4) is 5.75 Å². The lowest BCUT2D eigenvalue weighted by molar-refractivity contribution is 0.112. The molecular formula is C13H13BrN2O2. The van der Waals surface area contributed by atoms with Gasteiger partial charge in [0.25, 0.3) is 0 Å². The van der Waals surface area contributed by atoms with Crippen molar-refractivity contribution in [2.75, 3.05) is 6.61 Å². The van der Waals surface area contributed by atoms with E-state index in [9.17, 15) is 4.79 Å². The van der Waals surface area contributed by atoms with Crippen molar-refractivity contribution in [1.29, 1.82) is 0 Å². The molecule has 0 N–H and O–H groups in total. The number of hydrogen-bond acceptors (Lipinski definition) is 3. The van der Waals surface area contributed by atoms with Gasteiger partial charge in [-0.25, -0.2) is 4.98 Å². The van der Waals surface area contributed by atoms with Crippen LogP contribution in [0.5, 0.6) is 5.75 Å². The van der Waals surface area contributed by atoms with Gasteiger partial charge >= 0.3 is 0 Å². The minimum atomic E-state index is 0.533. The van der Waals surface area contributed by atoms with Crippen LogP contribution in [0.15, 0.2) is 35.1 Å². The maximum atomic E-state index is 10.8. The van der Waals surface area contributed by atoms with Crippen LogP contribution in [0.1, 0.15) is 16.2 Å². The molecule has 2 aromatic rings. The summed E-state index contributed by atoms with van der Waals surface area (Å²) in [5, 5.41) is 0. The number of aldehydes is 1. The van der Waals surface area contributed by atoms with Gasteiger partial charge in [0.1, 0.15) is 11.6 Å². The molecule has 94 valence electrons. The summed E-state index contributed by atoms with van der Waals surface area (Å²) in [7, 11) is 1.95. The second-order valence-electron chi connectivity index (χ2n) is 3.85. The number of aromatic nitrogens is 2. The average molecular weight is 309 g/mol. The topological polar surface area (TPSA) is 44.1 Å². The SMILES string of the molecule is Cn1ccnc1CCOc1ccc(Br)c(C=O)c1. The van der Waals surface area contributed by atoms with Gasteiger partial charge in [0, 0.05) is 35.9 Å². The van der Waals surface area contributed by atoms with Crippen molar-refractivity contribution in [1.82, 2.24) is 9.55 Å². The first-order valence-electron chi connectivity index (χ1n) is 5.54. The first-order chi connectivity index (χ1) is 8.70. The molecule has 4 nitrogen and oxygen atoms in total. The molecule has 0 atom stereocenters. The number of carbonyl (C=O) groups is 1. The van der Waals surface area contributed by atoms with Crippen molar-refractivity contribution < 1.29 is 9.53 Å². The van der Waals surface area contributed by atoms with Gasteiger partial charge in [-0.15, -0.1) is 0 Å². The first-order valence-corrected chi connectivity index (χ1v) is 6.33. The second kappa shape index (κ2) is 5.82. The molecule has 0 spiro atoms. The van der Waals surface area contributed by atoms with E-state index in [1.165, 1.54) is 0 Å². The summed E-state index contributed by atoms with van der Waals surface area (Å²) in [6.07, 6.45) is 5.20. The summed E-state index contributed by atoms with van der Waals surface area (Å²) in [6.45, 7) is 0.533. The predicted octanol–water partition coefficient (Wildman–Crippen LogP) is 2.62. The zero-order valence-corrected chi connectivity index (χ0v) is 11.6. The van der Waals surface area contributed by atoms with Crippen LogP contribution in [0.4, 0.5) is 0 Å². The van der Waals surface area contributed by atoms with E-state index in [0.29, 0.717) is 17.9 Å². The van der Waals surface area contributed by atoms with Crippen molar-refractivity contribution in [3.63, 3.8) is 0 Å². The molecule has 1 heterocycles. The molecule has 0 aliphatic heterocycles. The van der Waals surface area contributed by atoms with Gasteiger partial charge < -0.3 is 9.30 Å². The Morgan fingerprint density at radius 2 is 2.33 bits per heavy atom. The van der Waals surface area contributed by atoms with Crippen LogP contribution in [-0.4, -0.2) is 22.4 Å². The molecule has 1 aromatic carbocycles. The van der Waals surface area contributed by atoms with Gasteiger partial charge in [0.2, 0.25) is 0 Å². The number of rotatable bonds is 5. The smallest absolute Gasteiger partial charge is 0.151 e. The fraction of sp³-hybridized carbons (Fsp3) is 0.231. The van der Waals surface area contributed by atoms with Crippen molar-refractivity contribution in [2.45, 2.75) is 6.42 Å². The number of ether oxygens (including phenoxy) is 1. The summed E-state index contributed by atoms with van der Waals surface area (Å²) < 4.78 is 8.33. The lowest BCUT2D eigenvalue weighted by atomic mass is 10.2. The highest BCUT2D eigenvalue weighted by Gasteiger charge is 2.03. The number of imidazole rings is 1. The Hall–Kier alpha value is -1.62. The van der Waals surface area contributed by atoms with E-state index >= 15 is 0 Å². The van der Waals surface area contributed by atoms with Gasteiger partial charge in [-0.3, -0.25) is 4.79 Å². The quantitative estimate of drug-likeness (QED) is 0.798. The summed E-state index contributed by atoms with van der Waals surface area (Å²) in [5.74, 6) is 1.66. The van der Waals surface area contributed by atoms with Crippen molar-refractivity contribution in [2.24, 2.45) is 7.05 Å². The zero-order chi connectivity index (χ0) is 13.0. The van der Waals surface area contributed by atoms with Gasteiger partial charge in [-0.05, 0) is 18.2 Å². The molecule has 2 rings (SSSR count). The third-order valence-corrected chi connectivity index (χ3v) is 3.33. The molecule has 0 fully saturated rings. The third-order valence-electron chi connectivity index (χ3n) is 2.61. The fourth-order valence-electron chi connectivity index (χ4n) is 1.60. The molecule has 0 amide bonds. The van der Waals surface area contributed by atoms with E-state index in [-0.39, 0.29) is 0 Å². The van der Waals surface area contributed by atoms with Gasteiger partial charge in [-0.1, -0.05) is 15.9 Å². The molecule has 0 saturated carbocycles. The Morgan fingerprint density at radius 1 is 1.50 bits per heavy atom. The Balaban J connectivity index is 1.94. The molecule has 0 saturated heterocycles. The number of carbonyl (C=O) groups excluding carboxylic acids is 1. The van der Waals surface area contributed by atoms with E-state index in [4.69, 9.17) is 4.74 Å². The fourth-order valence-corrected chi connectivity index (χ4v) is 1.94. The number of benzene rings is 1. The number of aryl methyl sites for hydroxylation is 1. The minimum absolute atomic E-state index is 0.533. The van der Waals surface area contributed by atoms with Crippen LogP contribution < -0.4 is 4.74 Å². The first kappa shape index (κ1) is 12.8. The standard InChI is InChI=1S/C13H13BrN2O2/c1-16-6-5-15-13(16)4-7-18-11-2-3-12(14)10(8-11)9-17/h2-3,5-6,8-9H,4,7H2,1H3. The van der Waals surface area contributed by atoms with Gasteiger partial charge in [0.15, 0.2) is 6.29 Å². The summed E-state index contributed by atoms with van der Waals surface area (Å²) >= 11 is 3.30. The number of nitrogens with zero attached hydrogens (tertiary/aromatic N) is 2. The van der Waals surface area contributed by atoms with E-state index in [2.05, 4.69) is 20.9 Å². The molecule has 0 aliphatic carbocycles. The molecule has 0 radical (unpaired) electrons. The third kappa shape index (κ3) is 2.98. The highest BCUT2D eigenvalue weighted by molar-refractivity contribution is 9.10. The van der Waals surface area contributed by atoms with E-state index in [0.717, 1.165) is 23.0 Å². The largest absolute Gasteiger partial charge is 0.493 e. The van der Waals surface area contributed by atoms with E-state index in [1.54, 1.807) is 18.3 Å². The summed E-state index contributed by atoms with van der Waals surface area (Å²) in [4.78, 5) is 15.0. The van der Waals surface area contributed by atoms with Gasteiger partial charge in [-0.2, -0.15) is 0 Å². The molecule has 0 aliphatic rings. The Labute approximate surface area is 114 Å². The number of halogens is 1. The Kier molecular flexibility index (Phi) is 4.15. The van der Waals surface area contributed by atoms with Crippen LogP contribution in [0.25, 0.3) is 0 Å². The van der Waals surface area contributed by atoms with Gasteiger partial charge in [0.05, 0.1) is 6.61 Å². The normalized spacial score (nSPS) is 10.3. The van der Waals surface area contributed by atoms with Crippen molar-refractivity contribution in [3.05, 3.63) is 46.5 Å². The van der Waals surface area contributed by atoms with Crippen LogP contribution in [-0.2, 0) is 13.5 Å². The molecule has 0 unspecified atom stereocenters. The zero-order valence-electron chi connectivity index (χ0n) is 9.97. The lowest BCUT2D eigenvalue weighted by Gasteiger charge is -2.07. The van der Waals surface area contributed by atoms with E-state index < -0.39 is 0 Å². The molecule has 0 bridgehead atoms. The Bertz CT molecular complexity index is 552. The molecule has 18 heavy (non-hydrogen) atoms. The highest BCUT2D eigenvalue weighted by atomic mass is 79.9. The lowest BCUT2D eigenvalue weighted by Crippen LogP contribution is -2.06. The summed E-state index contributed by atoms with van der Waals surface area (Å²) in [5.41, 5.74) is 0.587. The second-order valence-corrected chi connectivity index (χ2v) is 4.71. The monoisotopic (exact) mass is 308 g/mol. The van der Waals surface area contributed by atoms with Crippen LogP contribution >= 0.6 is 15.9 Å². The maximum absolute atomic E-state index is 10.8. The van der Waals surface area contributed by atoms with Crippen LogP contribution in [0.3, 0.4) is 0 Å². The summed E-state index contributed by atoms with van der Waals surface area (Å²) in [6, 6.07) is 5.35. The van der Waals surface area contributed by atoms with Crippen LogP contribution in [0.2, 0.25) is 0 Å². The highest BCUT2D eigenvalue weighted by Crippen LogP contribution is 2.21. The number of hydrogen-bond donors (Lipinski definition) is 0. The molecular weight excluding hydrogens is 296 g/mol. The van der Waals surface area contributed by atoms with Crippen LogP contribution in [0, 0.1) is 0 Å². The minimum Gasteiger partial charge on any atom is -0.493 e. The molecule has 5 heteroatoms.